The SMILES string of the molecule is CCCCCCCCCCCCCCCCCCCCCCCCCc1cccc(C2=CC(C)=C(c3ccc(C(=O)CCCCCCCCCCC)cc3)[N+]2=[N-])c1. The van der Waals surface area contributed by atoms with Crippen molar-refractivity contribution in [1.29, 1.82) is 0 Å². The number of carbonyl (C=O) groups is 1. The number of benzene rings is 2. The van der Waals surface area contributed by atoms with Crippen LogP contribution in [0.25, 0.3) is 16.9 Å². The maximum absolute atomic E-state index is 12.9. The van der Waals surface area contributed by atoms with Gasteiger partial charge in [-0.3, -0.25) is 4.79 Å². The van der Waals surface area contributed by atoms with Crippen molar-refractivity contribution in [2.75, 3.05) is 0 Å². The van der Waals surface area contributed by atoms with E-state index in [1.54, 1.807) is 0 Å². The van der Waals surface area contributed by atoms with E-state index in [1.807, 2.05) is 24.3 Å². The van der Waals surface area contributed by atoms with Crippen LogP contribution < -0.4 is 0 Å². The van der Waals surface area contributed by atoms with Crippen molar-refractivity contribution in [2.45, 2.75) is 239 Å². The number of aryl methyl sites for hydroxylation is 1. The second kappa shape index (κ2) is 32.1. The molecule has 0 aromatic heterocycles. The molecular weight excluding hydrogens is 693 g/mol. The van der Waals surface area contributed by atoms with Gasteiger partial charge in [0, 0.05) is 34.8 Å². The van der Waals surface area contributed by atoms with Crippen molar-refractivity contribution in [3.05, 3.63) is 88.0 Å². The van der Waals surface area contributed by atoms with Crippen LogP contribution in [0.15, 0.2) is 60.2 Å². The summed E-state index contributed by atoms with van der Waals surface area (Å²) in [5.41, 5.74) is 18.1. The van der Waals surface area contributed by atoms with Crippen LogP contribution in [-0.4, -0.2) is 10.5 Å². The summed E-state index contributed by atoms with van der Waals surface area (Å²) >= 11 is 0. The Hall–Kier alpha value is -2.81. The maximum Gasteiger partial charge on any atom is 0.210 e. The highest BCUT2D eigenvalue weighted by Gasteiger charge is 2.27. The fraction of sp³-hybridized carbons (Fsp3) is 0.685. The third kappa shape index (κ3) is 21.1. The van der Waals surface area contributed by atoms with Gasteiger partial charge in [0.05, 0.1) is 0 Å². The summed E-state index contributed by atoms with van der Waals surface area (Å²) in [6.07, 6.45) is 47.7. The van der Waals surface area contributed by atoms with Gasteiger partial charge < -0.3 is 5.53 Å². The van der Waals surface area contributed by atoms with Crippen LogP contribution in [0.4, 0.5) is 0 Å². The van der Waals surface area contributed by atoms with Crippen LogP contribution in [0.5, 0.6) is 0 Å². The fourth-order valence-corrected chi connectivity index (χ4v) is 8.73. The zero-order chi connectivity index (χ0) is 40.6. The van der Waals surface area contributed by atoms with Gasteiger partial charge in [-0.25, -0.2) is 4.70 Å². The lowest BCUT2D eigenvalue weighted by molar-refractivity contribution is -0.344. The summed E-state index contributed by atoms with van der Waals surface area (Å²) in [4.78, 5) is 12.9. The molecule has 1 aliphatic rings. The van der Waals surface area contributed by atoms with Gasteiger partial charge in [0.15, 0.2) is 5.78 Å². The summed E-state index contributed by atoms with van der Waals surface area (Å²) < 4.78 is 1.34. The van der Waals surface area contributed by atoms with Crippen LogP contribution in [0.3, 0.4) is 0 Å². The third-order valence-corrected chi connectivity index (χ3v) is 12.4. The summed E-state index contributed by atoms with van der Waals surface area (Å²) in [5.74, 6) is 0.221. The number of rotatable bonds is 37. The quantitative estimate of drug-likeness (QED) is 0.0383. The topological polar surface area (TPSA) is 42.4 Å². The molecule has 3 rings (SSSR count). The van der Waals surface area contributed by atoms with Gasteiger partial charge in [-0.1, -0.05) is 231 Å². The standard InChI is InChI=1S/C54H86N2O/c1-4-6-8-10-12-14-15-16-17-18-19-20-21-22-23-24-25-26-27-29-30-32-34-37-48-38-36-39-51(46-48)52-45-47(3)54(56(52)55)50-43-41-49(42-44-50)53(57)40-35-33-31-28-13-11-9-7-5-2/h36,38-39,41-46H,4-35,37,40H2,1-3H3. The van der Waals surface area contributed by atoms with E-state index in [2.05, 4.69) is 51.1 Å². The molecule has 0 spiro atoms. The number of Topliss-reactive ketones (excluding diaryl/α,β-unsaturated/α-hetero) is 1. The molecule has 57 heavy (non-hydrogen) atoms. The van der Waals surface area contributed by atoms with Gasteiger partial charge in [0.2, 0.25) is 11.4 Å². The van der Waals surface area contributed by atoms with E-state index in [0.29, 0.717) is 6.42 Å². The van der Waals surface area contributed by atoms with Gasteiger partial charge >= 0.3 is 0 Å². The normalized spacial score (nSPS) is 12.9. The largest absolute Gasteiger partial charge is 0.493 e. The Bertz CT molecular complexity index is 1420. The molecular formula is C54H86N2O. The van der Waals surface area contributed by atoms with Crippen LogP contribution >= 0.6 is 0 Å². The number of carbonyl (C=O) groups excluding carboxylic acids is 1. The lowest BCUT2D eigenvalue weighted by Crippen LogP contribution is -2.04. The van der Waals surface area contributed by atoms with E-state index in [1.165, 1.54) is 203 Å². The third-order valence-electron chi connectivity index (χ3n) is 12.4. The molecule has 1 heterocycles. The van der Waals surface area contributed by atoms with Gasteiger partial charge in [-0.05, 0) is 56.0 Å². The number of hydrogen-bond acceptors (Lipinski definition) is 1. The molecule has 0 aliphatic carbocycles. The van der Waals surface area contributed by atoms with Crippen molar-refractivity contribution in [3.63, 3.8) is 0 Å². The van der Waals surface area contributed by atoms with Crippen molar-refractivity contribution in [3.8, 4) is 0 Å². The monoisotopic (exact) mass is 779 g/mol. The number of nitrogens with zero attached hydrogens (tertiary/aromatic N) is 2. The van der Waals surface area contributed by atoms with Crippen molar-refractivity contribution >= 4 is 17.2 Å². The second-order valence-electron chi connectivity index (χ2n) is 17.7. The molecule has 2 aromatic carbocycles. The number of ketones is 1. The minimum absolute atomic E-state index is 0.221. The van der Waals surface area contributed by atoms with Crippen LogP contribution in [-0.2, 0) is 6.42 Å². The second-order valence-corrected chi connectivity index (χ2v) is 17.7. The molecule has 0 saturated heterocycles. The molecule has 0 fully saturated rings. The highest BCUT2D eigenvalue weighted by atomic mass is 16.1. The Labute approximate surface area is 352 Å². The number of hydrogen-bond donors (Lipinski definition) is 0. The molecule has 0 bridgehead atoms. The Balaban J connectivity index is 1.20. The minimum Gasteiger partial charge on any atom is -0.493 e. The van der Waals surface area contributed by atoms with E-state index in [0.717, 1.165) is 52.9 Å². The van der Waals surface area contributed by atoms with Gasteiger partial charge in [0.1, 0.15) is 0 Å². The highest BCUT2D eigenvalue weighted by Crippen LogP contribution is 2.35. The lowest BCUT2D eigenvalue weighted by atomic mass is 10.0. The van der Waals surface area contributed by atoms with E-state index < -0.39 is 0 Å². The Morgan fingerprint density at radius 1 is 0.491 bits per heavy atom. The van der Waals surface area contributed by atoms with E-state index in [4.69, 9.17) is 0 Å². The fourth-order valence-electron chi connectivity index (χ4n) is 8.73. The minimum atomic E-state index is 0.221. The molecule has 2 aromatic rings. The van der Waals surface area contributed by atoms with E-state index >= 15 is 0 Å². The van der Waals surface area contributed by atoms with E-state index in [9.17, 15) is 10.3 Å². The first-order chi connectivity index (χ1) is 28.0. The predicted molar refractivity (Wildman–Crippen MR) is 249 cm³/mol. The van der Waals surface area contributed by atoms with E-state index in [-0.39, 0.29) is 5.78 Å². The summed E-state index contributed by atoms with van der Waals surface area (Å²) in [7, 11) is 0. The molecule has 0 atom stereocenters. The predicted octanol–water partition coefficient (Wildman–Crippen LogP) is 18.1. The molecule has 3 nitrogen and oxygen atoms in total. The van der Waals surface area contributed by atoms with Gasteiger partial charge in [-0.15, -0.1) is 0 Å². The Morgan fingerprint density at radius 2 is 0.895 bits per heavy atom. The molecule has 0 N–H and O–H groups in total. The number of allylic oxidation sites excluding steroid dienone is 2. The summed E-state index contributed by atoms with van der Waals surface area (Å²) in [6, 6.07) is 16.5. The first-order valence-corrected chi connectivity index (χ1v) is 24.7. The first-order valence-electron chi connectivity index (χ1n) is 24.7. The smallest absolute Gasteiger partial charge is 0.210 e. The van der Waals surface area contributed by atoms with Crippen molar-refractivity contribution < 1.29 is 9.49 Å². The van der Waals surface area contributed by atoms with Crippen molar-refractivity contribution in [2.24, 2.45) is 0 Å². The molecule has 0 saturated carbocycles. The van der Waals surface area contributed by atoms with Crippen LogP contribution in [0.2, 0.25) is 0 Å². The average molecular weight is 779 g/mol. The highest BCUT2D eigenvalue weighted by molar-refractivity contribution is 5.96. The first kappa shape index (κ1) is 48.6. The number of unbranched alkanes of at least 4 members (excludes halogenated alkanes) is 30. The summed E-state index contributed by atoms with van der Waals surface area (Å²) in [6.45, 7) is 6.62. The Kier molecular flexibility index (Phi) is 27.3. The molecule has 318 valence electrons. The van der Waals surface area contributed by atoms with Crippen molar-refractivity contribution in [1.82, 2.24) is 0 Å². The maximum atomic E-state index is 12.9. The zero-order valence-electron chi connectivity index (χ0n) is 37.5. The van der Waals surface area contributed by atoms with Gasteiger partial charge in [0.25, 0.3) is 0 Å². The molecule has 0 unspecified atom stereocenters. The zero-order valence-corrected chi connectivity index (χ0v) is 37.5. The Morgan fingerprint density at radius 3 is 1.33 bits per heavy atom. The van der Waals surface area contributed by atoms with Crippen LogP contribution in [0.1, 0.15) is 260 Å². The molecule has 1 aliphatic heterocycles. The summed E-state index contributed by atoms with van der Waals surface area (Å²) in [5, 5.41) is 0. The van der Waals surface area contributed by atoms with Crippen LogP contribution in [0, 0.1) is 0 Å². The van der Waals surface area contributed by atoms with Gasteiger partial charge in [-0.2, -0.15) is 0 Å². The molecule has 3 heteroatoms. The average Bonchev–Trinajstić information content (AvgIpc) is 3.53. The molecule has 0 amide bonds. The lowest BCUT2D eigenvalue weighted by Gasteiger charge is -2.11. The molecule has 0 radical (unpaired) electrons.